The molecule has 0 aliphatic heterocycles. The number of fused-ring (bicyclic) bond motifs is 1. The van der Waals surface area contributed by atoms with Gasteiger partial charge < -0.3 is 5.32 Å². The molecule has 1 aromatic carbocycles. The minimum atomic E-state index is -3.79. The van der Waals surface area contributed by atoms with Crippen molar-refractivity contribution in [3.05, 3.63) is 66.7 Å². The standard InChI is InChI=1S/C27H33N5O2S/c1-4-14-29-27(2)12-10-20(11-13-27)21-15-24-25(22-17-30-31(3)18-22)19-32(26(24)28-16-21)35(33,34)23-8-6-5-7-9-23/h5-9,15-20,29H,4,10-14H2,1-3H3. The Labute approximate surface area is 207 Å². The summed E-state index contributed by atoms with van der Waals surface area (Å²) in [4.78, 5) is 4.97. The molecule has 0 atom stereocenters. The van der Waals surface area contributed by atoms with Crippen molar-refractivity contribution in [3.8, 4) is 11.1 Å². The second-order valence-corrected chi connectivity index (χ2v) is 11.8. The average molecular weight is 492 g/mol. The van der Waals surface area contributed by atoms with Crippen molar-refractivity contribution in [2.75, 3.05) is 6.54 Å². The fourth-order valence-electron chi connectivity index (χ4n) is 5.19. The number of benzene rings is 1. The largest absolute Gasteiger partial charge is 0.312 e. The summed E-state index contributed by atoms with van der Waals surface area (Å²) in [6.45, 7) is 5.58. The summed E-state index contributed by atoms with van der Waals surface area (Å²) in [5.74, 6) is 0.416. The highest BCUT2D eigenvalue weighted by molar-refractivity contribution is 7.90. The van der Waals surface area contributed by atoms with Crippen molar-refractivity contribution in [3.63, 3.8) is 0 Å². The van der Waals surface area contributed by atoms with Gasteiger partial charge in [0.15, 0.2) is 5.65 Å². The number of rotatable bonds is 7. The van der Waals surface area contributed by atoms with Crippen LogP contribution in [0.4, 0.5) is 0 Å². The molecule has 0 saturated heterocycles. The lowest BCUT2D eigenvalue weighted by Crippen LogP contribution is -2.45. The second kappa shape index (κ2) is 9.24. The quantitative estimate of drug-likeness (QED) is 0.389. The van der Waals surface area contributed by atoms with Crippen LogP contribution in [0.25, 0.3) is 22.2 Å². The van der Waals surface area contributed by atoms with Gasteiger partial charge in [-0.2, -0.15) is 5.10 Å². The van der Waals surface area contributed by atoms with Crippen molar-refractivity contribution < 1.29 is 8.42 Å². The average Bonchev–Trinajstić information content (AvgIpc) is 3.47. The van der Waals surface area contributed by atoms with E-state index >= 15 is 0 Å². The number of hydrogen-bond donors (Lipinski definition) is 1. The summed E-state index contributed by atoms with van der Waals surface area (Å²) >= 11 is 0. The van der Waals surface area contributed by atoms with Crippen LogP contribution >= 0.6 is 0 Å². The van der Waals surface area contributed by atoms with Gasteiger partial charge in [-0.05, 0) is 75.3 Å². The number of nitrogens with one attached hydrogen (secondary N) is 1. The van der Waals surface area contributed by atoms with Gasteiger partial charge in [-0.25, -0.2) is 17.4 Å². The van der Waals surface area contributed by atoms with Gasteiger partial charge in [0, 0.05) is 47.7 Å². The van der Waals surface area contributed by atoms with Crippen molar-refractivity contribution in [2.24, 2.45) is 7.05 Å². The van der Waals surface area contributed by atoms with Gasteiger partial charge in [0.25, 0.3) is 10.0 Å². The van der Waals surface area contributed by atoms with E-state index in [2.05, 4.69) is 30.3 Å². The second-order valence-electron chi connectivity index (χ2n) is 9.96. The fraction of sp³-hybridized carbons (Fsp3) is 0.407. The Balaban J connectivity index is 1.56. The van der Waals surface area contributed by atoms with Gasteiger partial charge >= 0.3 is 0 Å². The van der Waals surface area contributed by atoms with Crippen LogP contribution in [-0.2, 0) is 17.1 Å². The number of aromatic nitrogens is 4. The lowest BCUT2D eigenvalue weighted by molar-refractivity contribution is 0.237. The van der Waals surface area contributed by atoms with Crippen molar-refractivity contribution in [1.29, 1.82) is 0 Å². The highest BCUT2D eigenvalue weighted by Gasteiger charge is 2.32. The third-order valence-electron chi connectivity index (χ3n) is 7.31. The van der Waals surface area contributed by atoms with Crippen LogP contribution in [0.1, 0.15) is 57.4 Å². The van der Waals surface area contributed by atoms with Crippen molar-refractivity contribution in [1.82, 2.24) is 24.1 Å². The Kier molecular flexibility index (Phi) is 6.27. The van der Waals surface area contributed by atoms with Crippen LogP contribution in [0, 0.1) is 0 Å². The monoisotopic (exact) mass is 491 g/mol. The molecule has 1 aliphatic carbocycles. The molecule has 0 amide bonds. The number of hydrogen-bond acceptors (Lipinski definition) is 5. The first-order valence-electron chi connectivity index (χ1n) is 12.4. The summed E-state index contributed by atoms with van der Waals surface area (Å²) < 4.78 is 30.1. The normalized spacial score (nSPS) is 20.9. The molecular weight excluding hydrogens is 458 g/mol. The van der Waals surface area contributed by atoms with Crippen LogP contribution < -0.4 is 5.32 Å². The number of aryl methyl sites for hydroxylation is 1. The Bertz CT molecular complexity index is 1430. The maximum absolute atomic E-state index is 13.5. The third-order valence-corrected chi connectivity index (χ3v) is 8.98. The number of pyridine rings is 1. The minimum absolute atomic E-state index is 0.192. The van der Waals surface area contributed by atoms with E-state index in [-0.39, 0.29) is 10.4 Å². The first kappa shape index (κ1) is 23.8. The maximum Gasteiger partial charge on any atom is 0.269 e. The summed E-state index contributed by atoms with van der Waals surface area (Å²) in [6, 6.07) is 10.7. The molecule has 0 spiro atoms. The van der Waals surface area contributed by atoms with Crippen molar-refractivity contribution >= 4 is 21.1 Å². The Morgan fingerprint density at radius 2 is 1.86 bits per heavy atom. The predicted molar refractivity (Wildman–Crippen MR) is 139 cm³/mol. The Morgan fingerprint density at radius 3 is 2.51 bits per heavy atom. The van der Waals surface area contributed by atoms with Crippen LogP contribution in [-0.4, -0.2) is 39.2 Å². The van der Waals surface area contributed by atoms with Crippen LogP contribution in [0.3, 0.4) is 0 Å². The zero-order chi connectivity index (χ0) is 24.6. The molecule has 4 aromatic rings. The summed E-state index contributed by atoms with van der Waals surface area (Å²) in [5, 5.41) is 8.88. The lowest BCUT2D eigenvalue weighted by Gasteiger charge is -2.38. The molecule has 3 aromatic heterocycles. The van der Waals surface area contributed by atoms with E-state index < -0.39 is 10.0 Å². The first-order valence-corrected chi connectivity index (χ1v) is 13.8. The highest BCUT2D eigenvalue weighted by atomic mass is 32.2. The maximum atomic E-state index is 13.5. The molecule has 7 nitrogen and oxygen atoms in total. The smallest absolute Gasteiger partial charge is 0.269 e. The third kappa shape index (κ3) is 4.52. The summed E-state index contributed by atoms with van der Waals surface area (Å²) in [7, 11) is -1.93. The molecule has 0 bridgehead atoms. The van der Waals surface area contributed by atoms with Gasteiger partial charge in [-0.3, -0.25) is 4.68 Å². The molecule has 184 valence electrons. The van der Waals surface area contributed by atoms with E-state index in [4.69, 9.17) is 4.98 Å². The topological polar surface area (TPSA) is 81.8 Å². The van der Waals surface area contributed by atoms with E-state index in [1.165, 1.54) is 9.54 Å². The fourth-order valence-corrected chi connectivity index (χ4v) is 6.54. The molecule has 8 heteroatoms. The molecular formula is C27H33N5O2S. The van der Waals surface area contributed by atoms with E-state index in [0.717, 1.165) is 55.2 Å². The zero-order valence-corrected chi connectivity index (χ0v) is 21.4. The molecule has 5 rings (SSSR count). The molecule has 1 saturated carbocycles. The van der Waals surface area contributed by atoms with Gasteiger partial charge in [0.2, 0.25) is 0 Å². The summed E-state index contributed by atoms with van der Waals surface area (Å²) in [5.41, 5.74) is 3.51. The zero-order valence-electron chi connectivity index (χ0n) is 20.6. The Morgan fingerprint density at radius 1 is 1.11 bits per heavy atom. The minimum Gasteiger partial charge on any atom is -0.312 e. The van der Waals surface area contributed by atoms with Crippen molar-refractivity contribution in [2.45, 2.75) is 62.3 Å². The SMILES string of the molecule is CCCNC1(C)CCC(c2cnc3c(c2)c(-c2cnn(C)c2)cn3S(=O)(=O)c2ccccc2)CC1. The van der Waals surface area contributed by atoms with E-state index in [9.17, 15) is 8.42 Å². The van der Waals surface area contributed by atoms with Gasteiger partial charge in [0.05, 0.1) is 11.1 Å². The van der Waals surface area contributed by atoms with E-state index in [1.807, 2.05) is 25.5 Å². The Hall–Kier alpha value is -2.97. The van der Waals surface area contributed by atoms with Gasteiger partial charge in [0.1, 0.15) is 0 Å². The molecule has 1 fully saturated rings. The van der Waals surface area contributed by atoms with Crippen LogP contribution in [0.2, 0.25) is 0 Å². The van der Waals surface area contributed by atoms with Gasteiger partial charge in [-0.15, -0.1) is 0 Å². The van der Waals surface area contributed by atoms with Crippen LogP contribution in [0.5, 0.6) is 0 Å². The first-order chi connectivity index (χ1) is 16.8. The van der Waals surface area contributed by atoms with Crippen LogP contribution in [0.15, 0.2) is 66.1 Å². The molecule has 35 heavy (non-hydrogen) atoms. The molecule has 0 unspecified atom stereocenters. The molecule has 1 aliphatic rings. The molecule has 1 N–H and O–H groups in total. The molecule has 0 radical (unpaired) electrons. The lowest BCUT2D eigenvalue weighted by atomic mass is 9.75. The highest BCUT2D eigenvalue weighted by Crippen LogP contribution is 2.40. The predicted octanol–water partition coefficient (Wildman–Crippen LogP) is 5.09. The van der Waals surface area contributed by atoms with Gasteiger partial charge in [-0.1, -0.05) is 25.1 Å². The molecule has 3 heterocycles. The number of nitrogens with zero attached hydrogens (tertiary/aromatic N) is 4. The summed E-state index contributed by atoms with van der Waals surface area (Å²) in [6.07, 6.45) is 12.8. The van der Waals surface area contributed by atoms with E-state index in [0.29, 0.717) is 11.6 Å². The van der Waals surface area contributed by atoms with E-state index in [1.54, 1.807) is 41.3 Å².